The van der Waals surface area contributed by atoms with Gasteiger partial charge in [0.15, 0.2) is 5.69 Å². The Kier molecular flexibility index (Phi) is 7.05. The number of amides is 1. The van der Waals surface area contributed by atoms with E-state index >= 15 is 0 Å². The third-order valence-electron chi connectivity index (χ3n) is 3.45. The Balaban J connectivity index is 2.03. The van der Waals surface area contributed by atoms with E-state index in [1.807, 2.05) is 0 Å². The molecule has 1 amide bonds. The second kappa shape index (κ2) is 9.26. The van der Waals surface area contributed by atoms with Crippen molar-refractivity contribution in [2.75, 3.05) is 31.3 Å². The van der Waals surface area contributed by atoms with Crippen molar-refractivity contribution in [2.45, 2.75) is 6.42 Å². The van der Waals surface area contributed by atoms with Crippen LogP contribution in [0, 0.1) is 0 Å². The van der Waals surface area contributed by atoms with Crippen LogP contribution in [0.25, 0.3) is 5.69 Å². The highest BCUT2D eigenvalue weighted by molar-refractivity contribution is 7.89. The number of para-hydroxylation sites is 2. The Bertz CT molecular complexity index is 909. The van der Waals surface area contributed by atoms with Crippen LogP contribution >= 0.6 is 0 Å². The largest absolute Gasteiger partial charge is 0.476 e. The molecule has 0 aliphatic rings. The average Bonchev–Trinajstić information content (AvgIpc) is 3.11. The predicted octanol–water partition coefficient (Wildman–Crippen LogP) is 0.465. The maximum atomic E-state index is 12.1. The van der Waals surface area contributed by atoms with Gasteiger partial charge in [0, 0.05) is 19.9 Å². The predicted molar refractivity (Wildman–Crippen MR) is 97.4 cm³/mol. The molecule has 0 saturated carbocycles. The molecule has 1 aromatic carbocycles. The van der Waals surface area contributed by atoms with Crippen LogP contribution < -0.4 is 10.0 Å². The zero-order valence-corrected chi connectivity index (χ0v) is 15.4. The van der Waals surface area contributed by atoms with Crippen LogP contribution in [-0.4, -0.2) is 61.2 Å². The molecule has 3 N–H and O–H groups in total. The van der Waals surface area contributed by atoms with Crippen LogP contribution in [0.3, 0.4) is 0 Å². The smallest absolute Gasteiger partial charge is 0.356 e. The molecule has 1 heterocycles. The maximum absolute atomic E-state index is 12.1. The van der Waals surface area contributed by atoms with E-state index in [4.69, 9.17) is 9.84 Å². The SMILES string of the molecule is COCCCS(=O)(=O)NCC(=O)Nc1ccccc1-n1ccc(C(=O)O)n1. The highest BCUT2D eigenvalue weighted by atomic mass is 32.2. The fourth-order valence-electron chi connectivity index (χ4n) is 2.19. The third-order valence-corrected chi connectivity index (χ3v) is 4.86. The second-order valence-electron chi connectivity index (χ2n) is 5.50. The van der Waals surface area contributed by atoms with Crippen molar-refractivity contribution in [3.05, 3.63) is 42.2 Å². The number of nitrogens with zero attached hydrogens (tertiary/aromatic N) is 2. The summed E-state index contributed by atoms with van der Waals surface area (Å²) in [5.74, 6) is -1.88. The minimum atomic E-state index is -3.58. The standard InChI is InChI=1S/C16H20N4O6S/c1-26-9-4-10-27(24,25)17-11-15(21)18-12-5-2-3-6-14(12)20-8-7-13(19-20)16(22)23/h2-3,5-8,17H,4,9-11H2,1H3,(H,18,21)(H,22,23). The van der Waals surface area contributed by atoms with Crippen molar-refractivity contribution in [3.63, 3.8) is 0 Å². The zero-order chi connectivity index (χ0) is 19.9. The second-order valence-corrected chi connectivity index (χ2v) is 7.43. The number of carbonyl (C=O) groups excluding carboxylic acids is 1. The van der Waals surface area contributed by atoms with Gasteiger partial charge in [0.2, 0.25) is 15.9 Å². The molecule has 11 heteroatoms. The summed E-state index contributed by atoms with van der Waals surface area (Å²) in [4.78, 5) is 23.1. The molecule has 2 rings (SSSR count). The number of methoxy groups -OCH3 is 1. The number of aromatic carboxylic acids is 1. The molecule has 0 bridgehead atoms. The van der Waals surface area contributed by atoms with Crippen LogP contribution in [0.2, 0.25) is 0 Å². The molecular weight excluding hydrogens is 376 g/mol. The molecule has 1 aromatic heterocycles. The Hall–Kier alpha value is -2.76. The Morgan fingerprint density at radius 3 is 2.67 bits per heavy atom. The van der Waals surface area contributed by atoms with Gasteiger partial charge in [0.05, 0.1) is 23.7 Å². The van der Waals surface area contributed by atoms with Crippen molar-refractivity contribution < 1.29 is 27.9 Å². The quantitative estimate of drug-likeness (QED) is 0.496. The molecule has 2 aromatic rings. The first-order chi connectivity index (χ1) is 12.8. The summed E-state index contributed by atoms with van der Waals surface area (Å²) < 4.78 is 31.9. The van der Waals surface area contributed by atoms with Crippen LogP contribution in [0.5, 0.6) is 0 Å². The van der Waals surface area contributed by atoms with E-state index in [1.165, 1.54) is 24.1 Å². The number of rotatable bonds is 10. The van der Waals surface area contributed by atoms with E-state index in [2.05, 4.69) is 15.1 Å². The van der Waals surface area contributed by atoms with Crippen molar-refractivity contribution in [1.29, 1.82) is 0 Å². The Labute approximate surface area is 156 Å². The average molecular weight is 396 g/mol. The number of anilines is 1. The van der Waals surface area contributed by atoms with Crippen LogP contribution in [0.15, 0.2) is 36.5 Å². The van der Waals surface area contributed by atoms with E-state index in [9.17, 15) is 18.0 Å². The molecule has 0 aliphatic carbocycles. The Morgan fingerprint density at radius 2 is 2.00 bits per heavy atom. The van der Waals surface area contributed by atoms with Crippen LogP contribution in [0.1, 0.15) is 16.9 Å². The highest BCUT2D eigenvalue weighted by Crippen LogP contribution is 2.19. The first kappa shape index (κ1) is 20.6. The van der Waals surface area contributed by atoms with Gasteiger partial charge >= 0.3 is 5.97 Å². The maximum Gasteiger partial charge on any atom is 0.356 e. The van der Waals surface area contributed by atoms with Gasteiger partial charge in [-0.05, 0) is 24.6 Å². The molecule has 0 atom stereocenters. The van der Waals surface area contributed by atoms with Gasteiger partial charge in [-0.3, -0.25) is 4.79 Å². The van der Waals surface area contributed by atoms with Crippen LogP contribution in [-0.2, 0) is 19.6 Å². The number of aromatic nitrogens is 2. The highest BCUT2D eigenvalue weighted by Gasteiger charge is 2.15. The summed E-state index contributed by atoms with van der Waals surface area (Å²) in [5, 5.41) is 15.5. The van der Waals surface area contributed by atoms with Crippen molar-refractivity contribution in [1.82, 2.24) is 14.5 Å². The number of carboxylic acids is 1. The molecule has 146 valence electrons. The van der Waals surface area contributed by atoms with E-state index < -0.39 is 28.4 Å². The van der Waals surface area contributed by atoms with Gasteiger partial charge in [-0.15, -0.1) is 0 Å². The normalized spacial score (nSPS) is 11.3. The summed E-state index contributed by atoms with van der Waals surface area (Å²) in [5.41, 5.74) is 0.669. The van der Waals surface area contributed by atoms with E-state index in [1.54, 1.807) is 24.3 Å². The fraction of sp³-hybridized carbons (Fsp3) is 0.312. The van der Waals surface area contributed by atoms with Crippen molar-refractivity contribution in [2.24, 2.45) is 0 Å². The molecule has 0 aliphatic heterocycles. The van der Waals surface area contributed by atoms with Crippen molar-refractivity contribution in [3.8, 4) is 5.69 Å². The number of carboxylic acid groups (broad SMARTS) is 1. The number of ether oxygens (including phenoxy) is 1. The van der Waals surface area contributed by atoms with E-state index in [-0.39, 0.29) is 11.4 Å². The molecule has 0 radical (unpaired) electrons. The third kappa shape index (κ3) is 6.16. The lowest BCUT2D eigenvalue weighted by atomic mass is 10.2. The summed E-state index contributed by atoms with van der Waals surface area (Å²) in [6, 6.07) is 7.95. The van der Waals surface area contributed by atoms with Gasteiger partial charge in [0.25, 0.3) is 0 Å². The summed E-state index contributed by atoms with van der Waals surface area (Å²) in [7, 11) is -2.11. The van der Waals surface area contributed by atoms with Crippen molar-refractivity contribution >= 4 is 27.6 Å². The summed E-state index contributed by atoms with van der Waals surface area (Å²) in [6.07, 6.45) is 1.77. The molecule has 27 heavy (non-hydrogen) atoms. The lowest BCUT2D eigenvalue weighted by Gasteiger charge is -2.11. The van der Waals surface area contributed by atoms with Crippen LogP contribution in [0.4, 0.5) is 5.69 Å². The van der Waals surface area contributed by atoms with Gasteiger partial charge in [0.1, 0.15) is 0 Å². The minimum absolute atomic E-state index is 0.139. The number of hydrogen-bond acceptors (Lipinski definition) is 6. The number of carbonyl (C=O) groups is 2. The zero-order valence-electron chi connectivity index (χ0n) is 14.6. The summed E-state index contributed by atoms with van der Waals surface area (Å²) in [6.45, 7) is -0.119. The fourth-order valence-corrected chi connectivity index (χ4v) is 3.18. The monoisotopic (exact) mass is 396 g/mol. The lowest BCUT2D eigenvalue weighted by Crippen LogP contribution is -2.34. The van der Waals surface area contributed by atoms with Gasteiger partial charge < -0.3 is 15.2 Å². The minimum Gasteiger partial charge on any atom is -0.476 e. The topological polar surface area (TPSA) is 140 Å². The molecule has 10 nitrogen and oxygen atoms in total. The van der Waals surface area contributed by atoms with E-state index in [0.717, 1.165) is 0 Å². The molecule has 0 fully saturated rings. The molecular formula is C16H20N4O6S. The summed E-state index contributed by atoms with van der Waals surface area (Å²) >= 11 is 0. The number of hydrogen-bond donors (Lipinski definition) is 3. The first-order valence-corrected chi connectivity index (χ1v) is 9.62. The Morgan fingerprint density at radius 1 is 1.26 bits per heavy atom. The molecule has 0 saturated heterocycles. The first-order valence-electron chi connectivity index (χ1n) is 7.97. The number of sulfonamides is 1. The number of nitrogens with one attached hydrogen (secondary N) is 2. The molecule has 0 unspecified atom stereocenters. The van der Waals surface area contributed by atoms with E-state index in [0.29, 0.717) is 24.4 Å². The van der Waals surface area contributed by atoms with Gasteiger partial charge in [-0.2, -0.15) is 5.10 Å². The van der Waals surface area contributed by atoms with Gasteiger partial charge in [-0.1, -0.05) is 12.1 Å². The number of benzene rings is 1. The molecule has 0 spiro atoms. The lowest BCUT2D eigenvalue weighted by molar-refractivity contribution is -0.115. The van der Waals surface area contributed by atoms with Gasteiger partial charge in [-0.25, -0.2) is 22.6 Å².